The minimum absolute atomic E-state index is 0.111. The minimum atomic E-state index is -0.529. The molecule has 128 valence electrons. The lowest BCUT2D eigenvalue weighted by molar-refractivity contribution is 0.00578. The molecule has 1 saturated heterocycles. The van der Waals surface area contributed by atoms with Gasteiger partial charge >= 0.3 is 7.12 Å². The summed E-state index contributed by atoms with van der Waals surface area (Å²) in [7, 11) is 1.04. The van der Waals surface area contributed by atoms with Crippen molar-refractivity contribution in [3.8, 4) is 17.2 Å². The second kappa shape index (κ2) is 6.20. The Balaban J connectivity index is 1.95. The van der Waals surface area contributed by atoms with Crippen molar-refractivity contribution < 1.29 is 23.2 Å². The number of aromatic nitrogens is 2. The average Bonchev–Trinajstić information content (AvgIpc) is 3.12. The highest BCUT2D eigenvalue weighted by atomic mass is 16.7. The quantitative estimate of drug-likeness (QED) is 0.612. The standard InChI is InChI=1S/C16H21BN2O5/c1-15(2)16(3,4)24-17(23-15)12-7-6-11(14-19-18-9-21-14)8-13(12)22-10-20-5/h6-9H,10H2,1-5H3. The molecule has 1 aromatic heterocycles. The third-order valence-corrected chi connectivity index (χ3v) is 4.46. The van der Waals surface area contributed by atoms with E-state index in [2.05, 4.69) is 10.2 Å². The van der Waals surface area contributed by atoms with E-state index < -0.39 is 18.3 Å². The fourth-order valence-corrected chi connectivity index (χ4v) is 2.38. The van der Waals surface area contributed by atoms with Crippen LogP contribution in [0.3, 0.4) is 0 Å². The number of ether oxygens (including phenoxy) is 2. The normalized spacial score (nSPS) is 18.8. The molecule has 0 unspecified atom stereocenters. The zero-order valence-corrected chi connectivity index (χ0v) is 14.5. The third-order valence-electron chi connectivity index (χ3n) is 4.46. The molecule has 1 fully saturated rings. The second-order valence-corrected chi connectivity index (χ2v) is 6.64. The van der Waals surface area contributed by atoms with Crippen LogP contribution in [0.25, 0.3) is 11.5 Å². The maximum atomic E-state index is 6.11. The molecule has 0 saturated carbocycles. The lowest BCUT2D eigenvalue weighted by Crippen LogP contribution is -2.41. The van der Waals surface area contributed by atoms with Crippen LogP contribution in [0.2, 0.25) is 0 Å². The first-order chi connectivity index (χ1) is 11.3. The summed E-state index contributed by atoms with van der Waals surface area (Å²) >= 11 is 0. The predicted molar refractivity (Wildman–Crippen MR) is 88.0 cm³/mol. The second-order valence-electron chi connectivity index (χ2n) is 6.64. The molecular formula is C16H21BN2O5. The molecule has 1 aliphatic rings. The van der Waals surface area contributed by atoms with Gasteiger partial charge in [0.1, 0.15) is 5.75 Å². The molecule has 1 aromatic carbocycles. The zero-order chi connectivity index (χ0) is 17.4. The molecule has 8 heteroatoms. The highest BCUT2D eigenvalue weighted by Crippen LogP contribution is 2.37. The summed E-state index contributed by atoms with van der Waals surface area (Å²) in [6.45, 7) is 8.15. The SMILES string of the molecule is COCOc1cc(-c2nnco2)ccc1B1OC(C)(C)C(C)(C)O1. The van der Waals surface area contributed by atoms with Crippen LogP contribution in [0.5, 0.6) is 5.75 Å². The average molecular weight is 332 g/mol. The molecule has 0 N–H and O–H groups in total. The largest absolute Gasteiger partial charge is 0.498 e. The van der Waals surface area contributed by atoms with Crippen LogP contribution in [0.1, 0.15) is 27.7 Å². The van der Waals surface area contributed by atoms with Crippen molar-refractivity contribution in [2.24, 2.45) is 0 Å². The molecule has 24 heavy (non-hydrogen) atoms. The fourth-order valence-electron chi connectivity index (χ4n) is 2.38. The van der Waals surface area contributed by atoms with Gasteiger partial charge in [-0.3, -0.25) is 0 Å². The molecule has 0 radical (unpaired) electrons. The van der Waals surface area contributed by atoms with Crippen LogP contribution in [-0.4, -0.2) is 42.4 Å². The summed E-state index contributed by atoms with van der Waals surface area (Å²) in [5, 5.41) is 7.61. The molecule has 0 spiro atoms. The highest BCUT2D eigenvalue weighted by Gasteiger charge is 2.52. The molecule has 1 aliphatic heterocycles. The Morgan fingerprint density at radius 1 is 1.12 bits per heavy atom. The molecule has 7 nitrogen and oxygen atoms in total. The summed E-state index contributed by atoms with van der Waals surface area (Å²) in [4.78, 5) is 0. The molecule has 0 aliphatic carbocycles. The number of benzene rings is 1. The number of methoxy groups -OCH3 is 1. The number of nitrogens with zero attached hydrogens (tertiary/aromatic N) is 2. The third kappa shape index (κ3) is 3.04. The van der Waals surface area contributed by atoms with Crippen molar-refractivity contribution in [1.82, 2.24) is 10.2 Å². The van der Waals surface area contributed by atoms with Gasteiger partial charge in [0, 0.05) is 18.1 Å². The van der Waals surface area contributed by atoms with Crippen LogP contribution in [-0.2, 0) is 14.0 Å². The van der Waals surface area contributed by atoms with E-state index in [0.717, 1.165) is 11.0 Å². The van der Waals surface area contributed by atoms with E-state index in [9.17, 15) is 0 Å². The van der Waals surface area contributed by atoms with E-state index in [0.29, 0.717) is 11.6 Å². The number of hydrogen-bond acceptors (Lipinski definition) is 7. The predicted octanol–water partition coefficient (Wildman–Crippen LogP) is 2.02. The van der Waals surface area contributed by atoms with Gasteiger partial charge in [0.05, 0.1) is 11.2 Å². The van der Waals surface area contributed by atoms with Crippen LogP contribution in [0.4, 0.5) is 0 Å². The monoisotopic (exact) mass is 332 g/mol. The Morgan fingerprint density at radius 3 is 2.42 bits per heavy atom. The van der Waals surface area contributed by atoms with Gasteiger partial charge in [-0.05, 0) is 39.8 Å². The van der Waals surface area contributed by atoms with Crippen LogP contribution < -0.4 is 10.2 Å². The van der Waals surface area contributed by atoms with Gasteiger partial charge in [-0.25, -0.2) is 0 Å². The maximum absolute atomic E-state index is 6.11. The fraction of sp³-hybridized carbons (Fsp3) is 0.500. The van der Waals surface area contributed by atoms with Crippen molar-refractivity contribution in [3.05, 3.63) is 24.6 Å². The molecule has 0 atom stereocenters. The smallest absolute Gasteiger partial charge is 0.468 e. The Labute approximate surface area is 141 Å². The van der Waals surface area contributed by atoms with Crippen LogP contribution in [0, 0.1) is 0 Å². The van der Waals surface area contributed by atoms with Crippen molar-refractivity contribution in [2.45, 2.75) is 38.9 Å². The van der Waals surface area contributed by atoms with Gasteiger partial charge in [-0.1, -0.05) is 6.07 Å². The summed E-state index contributed by atoms with van der Waals surface area (Å²) in [5.41, 5.74) is 0.677. The van der Waals surface area contributed by atoms with Gasteiger partial charge < -0.3 is 23.2 Å². The topological polar surface area (TPSA) is 75.8 Å². The van der Waals surface area contributed by atoms with Gasteiger partial charge in [0.2, 0.25) is 12.3 Å². The first kappa shape index (κ1) is 16.9. The molecule has 2 aromatic rings. The van der Waals surface area contributed by atoms with E-state index in [1.165, 1.54) is 6.39 Å². The summed E-state index contributed by atoms with van der Waals surface area (Å²) in [6, 6.07) is 5.56. The Bertz CT molecular complexity index is 686. The molecule has 0 amide bonds. The first-order valence-electron chi connectivity index (χ1n) is 7.72. The van der Waals surface area contributed by atoms with E-state index in [4.69, 9.17) is 23.2 Å². The van der Waals surface area contributed by atoms with Gasteiger partial charge in [0.15, 0.2) is 6.79 Å². The highest BCUT2D eigenvalue weighted by molar-refractivity contribution is 6.63. The van der Waals surface area contributed by atoms with E-state index in [1.54, 1.807) is 7.11 Å². The van der Waals surface area contributed by atoms with E-state index in [-0.39, 0.29) is 6.79 Å². The maximum Gasteiger partial charge on any atom is 0.498 e. The van der Waals surface area contributed by atoms with Crippen molar-refractivity contribution in [1.29, 1.82) is 0 Å². The summed E-state index contributed by atoms with van der Waals surface area (Å²) in [5.74, 6) is 1.00. The molecule has 3 rings (SSSR count). The van der Waals surface area contributed by atoms with E-state index in [1.807, 2.05) is 45.9 Å². The van der Waals surface area contributed by atoms with Crippen molar-refractivity contribution >= 4 is 12.6 Å². The van der Waals surface area contributed by atoms with E-state index >= 15 is 0 Å². The molecule has 2 heterocycles. The Morgan fingerprint density at radius 2 is 1.83 bits per heavy atom. The molecule has 0 bridgehead atoms. The van der Waals surface area contributed by atoms with Crippen molar-refractivity contribution in [3.63, 3.8) is 0 Å². The Kier molecular flexibility index (Phi) is 4.37. The first-order valence-corrected chi connectivity index (χ1v) is 7.72. The van der Waals surface area contributed by atoms with Crippen LogP contribution in [0.15, 0.2) is 29.0 Å². The zero-order valence-electron chi connectivity index (χ0n) is 14.5. The van der Waals surface area contributed by atoms with Gasteiger partial charge in [-0.15, -0.1) is 10.2 Å². The van der Waals surface area contributed by atoms with Crippen LogP contribution >= 0.6 is 0 Å². The van der Waals surface area contributed by atoms with Gasteiger partial charge in [0.25, 0.3) is 0 Å². The number of rotatable bonds is 5. The molecular weight excluding hydrogens is 311 g/mol. The minimum Gasteiger partial charge on any atom is -0.468 e. The number of hydrogen-bond donors (Lipinski definition) is 0. The Hall–Kier alpha value is -1.90. The van der Waals surface area contributed by atoms with Crippen molar-refractivity contribution in [2.75, 3.05) is 13.9 Å². The van der Waals surface area contributed by atoms with Gasteiger partial charge in [-0.2, -0.15) is 0 Å². The lowest BCUT2D eigenvalue weighted by Gasteiger charge is -2.32. The lowest BCUT2D eigenvalue weighted by atomic mass is 9.78. The summed E-state index contributed by atoms with van der Waals surface area (Å²) in [6.07, 6.45) is 1.28. The summed E-state index contributed by atoms with van der Waals surface area (Å²) < 4.78 is 28.2.